The number of para-hydroxylation sites is 1. The second-order valence-corrected chi connectivity index (χ2v) is 6.43. The Labute approximate surface area is 154 Å². The van der Waals surface area contributed by atoms with Crippen LogP contribution in [0.2, 0.25) is 0 Å². The van der Waals surface area contributed by atoms with E-state index in [1.165, 1.54) is 0 Å². The van der Waals surface area contributed by atoms with Gasteiger partial charge in [0.2, 0.25) is 11.8 Å². The van der Waals surface area contributed by atoms with Crippen molar-refractivity contribution in [3.8, 4) is 11.6 Å². The third-order valence-electron chi connectivity index (χ3n) is 4.35. The molecule has 0 unspecified atom stereocenters. The Morgan fingerprint density at radius 1 is 1.27 bits per heavy atom. The minimum atomic E-state index is -0.0117. The van der Waals surface area contributed by atoms with Crippen LogP contribution in [0.1, 0.15) is 29.5 Å². The summed E-state index contributed by atoms with van der Waals surface area (Å²) in [6.45, 7) is 6.65. The van der Waals surface area contributed by atoms with Gasteiger partial charge >= 0.3 is 0 Å². The lowest BCUT2D eigenvalue weighted by molar-refractivity contribution is -0.130. The Kier molecular flexibility index (Phi) is 6.20. The summed E-state index contributed by atoms with van der Waals surface area (Å²) in [5, 5.41) is 4.78. The van der Waals surface area contributed by atoms with Crippen molar-refractivity contribution in [3.63, 3.8) is 0 Å². The summed E-state index contributed by atoms with van der Waals surface area (Å²) < 4.78 is 6.05. The first-order valence-corrected chi connectivity index (χ1v) is 8.96. The third-order valence-corrected chi connectivity index (χ3v) is 4.35. The summed E-state index contributed by atoms with van der Waals surface area (Å²) in [6.07, 6.45) is 3.13. The molecule has 0 radical (unpaired) electrons. The molecule has 0 aliphatic carbocycles. The molecule has 1 aromatic heterocycles. The monoisotopic (exact) mass is 355 g/mol. The number of rotatable bonds is 7. The summed E-state index contributed by atoms with van der Waals surface area (Å²) in [5.74, 6) is 1.32. The molecule has 26 heavy (non-hydrogen) atoms. The van der Waals surface area contributed by atoms with E-state index in [0.29, 0.717) is 25.4 Å². The van der Waals surface area contributed by atoms with E-state index < -0.39 is 0 Å². The zero-order valence-electron chi connectivity index (χ0n) is 15.3. The highest BCUT2D eigenvalue weighted by molar-refractivity contribution is 5.76. The maximum atomic E-state index is 12.1. The molecule has 0 spiro atoms. The number of nitrogens with zero attached hydrogens (tertiary/aromatic N) is 2. The zero-order chi connectivity index (χ0) is 18.4. The van der Waals surface area contributed by atoms with Crippen LogP contribution in [0.25, 0.3) is 0 Å². The zero-order valence-corrected chi connectivity index (χ0v) is 15.3. The number of aryl methyl sites for hydroxylation is 2. The molecule has 1 N–H and O–H groups in total. The van der Waals surface area contributed by atoms with E-state index in [0.717, 1.165) is 42.0 Å². The molecular formula is C20H25N3O3. The number of amides is 1. The maximum absolute atomic E-state index is 12.1. The van der Waals surface area contributed by atoms with Gasteiger partial charge in [-0.05, 0) is 37.5 Å². The van der Waals surface area contributed by atoms with Crippen LogP contribution >= 0.6 is 0 Å². The molecule has 1 fully saturated rings. The normalized spacial score (nSPS) is 14.4. The van der Waals surface area contributed by atoms with E-state index >= 15 is 0 Å². The Morgan fingerprint density at radius 3 is 2.81 bits per heavy atom. The van der Waals surface area contributed by atoms with Crippen LogP contribution in [0.3, 0.4) is 0 Å². The van der Waals surface area contributed by atoms with E-state index in [9.17, 15) is 4.79 Å². The number of carbonyl (C=O) groups excluding carboxylic acids is 1. The van der Waals surface area contributed by atoms with Gasteiger partial charge in [0.1, 0.15) is 5.75 Å². The molecule has 0 bridgehead atoms. The van der Waals surface area contributed by atoms with Crippen molar-refractivity contribution >= 4 is 5.91 Å². The van der Waals surface area contributed by atoms with Crippen molar-refractivity contribution in [2.75, 3.05) is 19.7 Å². The topological polar surface area (TPSA) is 63.7 Å². The summed E-state index contributed by atoms with van der Waals surface area (Å²) in [4.78, 5) is 21.8. The van der Waals surface area contributed by atoms with Crippen molar-refractivity contribution in [3.05, 3.63) is 53.2 Å². The molecule has 138 valence electrons. The number of hydroxylamine groups is 2. The second kappa shape index (κ2) is 8.78. The molecule has 1 aromatic carbocycles. The number of aromatic nitrogens is 1. The van der Waals surface area contributed by atoms with Crippen molar-refractivity contribution in [2.24, 2.45) is 0 Å². The van der Waals surface area contributed by atoms with Gasteiger partial charge in [0.15, 0.2) is 0 Å². The number of hydrogen-bond acceptors (Lipinski definition) is 5. The average molecular weight is 355 g/mol. The largest absolute Gasteiger partial charge is 0.438 e. The Hall–Kier alpha value is -2.44. The quantitative estimate of drug-likeness (QED) is 0.827. The molecule has 6 heteroatoms. The maximum Gasteiger partial charge on any atom is 0.224 e. The van der Waals surface area contributed by atoms with Gasteiger partial charge in [0.25, 0.3) is 0 Å². The Balaban J connectivity index is 1.59. The van der Waals surface area contributed by atoms with Gasteiger partial charge in [0, 0.05) is 37.8 Å². The third kappa shape index (κ3) is 4.80. The minimum absolute atomic E-state index is 0.0117. The molecule has 1 amide bonds. The van der Waals surface area contributed by atoms with E-state index in [1.54, 1.807) is 6.20 Å². The molecule has 1 aliphatic heterocycles. The lowest BCUT2D eigenvalue weighted by Gasteiger charge is -2.15. The Morgan fingerprint density at radius 2 is 2.08 bits per heavy atom. The highest BCUT2D eigenvalue weighted by atomic mass is 16.7. The Bertz CT molecular complexity index is 737. The van der Waals surface area contributed by atoms with Gasteiger partial charge < -0.3 is 10.1 Å². The molecule has 3 rings (SSSR count). The van der Waals surface area contributed by atoms with Gasteiger partial charge in [-0.15, -0.1) is 0 Å². The van der Waals surface area contributed by atoms with Crippen molar-refractivity contribution in [2.45, 2.75) is 33.2 Å². The van der Waals surface area contributed by atoms with Crippen LogP contribution in [0.15, 0.2) is 36.5 Å². The van der Waals surface area contributed by atoms with Gasteiger partial charge in [-0.25, -0.2) is 4.98 Å². The van der Waals surface area contributed by atoms with Crippen molar-refractivity contribution in [1.29, 1.82) is 0 Å². The molecule has 2 aromatic rings. The number of nitrogens with one attached hydrogen (secondary N) is 1. The fourth-order valence-corrected chi connectivity index (χ4v) is 2.89. The number of hydrogen-bond donors (Lipinski definition) is 1. The average Bonchev–Trinajstić information content (AvgIpc) is 3.16. The highest BCUT2D eigenvalue weighted by Gasteiger charge is 2.15. The van der Waals surface area contributed by atoms with Crippen LogP contribution in [-0.2, 0) is 16.2 Å². The summed E-state index contributed by atoms with van der Waals surface area (Å²) >= 11 is 0. The second-order valence-electron chi connectivity index (χ2n) is 6.43. The SMILES string of the molecule is Cc1cccc(C)c1Oc1ncccc1CNC(=O)CCN1CCCO1. The van der Waals surface area contributed by atoms with Gasteiger partial charge in [0.05, 0.1) is 6.61 Å². The first-order valence-electron chi connectivity index (χ1n) is 8.96. The number of pyridine rings is 1. The standard InChI is InChI=1S/C20H25N3O3/c1-15-6-3-7-16(2)19(15)26-20-17(8-4-10-21-20)14-22-18(24)9-12-23-11-5-13-25-23/h3-4,6-8,10H,5,9,11-14H2,1-2H3,(H,22,24). The number of benzene rings is 1. The first kappa shape index (κ1) is 18.4. The van der Waals surface area contributed by atoms with E-state index in [1.807, 2.05) is 49.2 Å². The predicted molar refractivity (Wildman–Crippen MR) is 98.8 cm³/mol. The van der Waals surface area contributed by atoms with Gasteiger partial charge in [-0.3, -0.25) is 9.63 Å². The predicted octanol–water partition coefficient (Wildman–Crippen LogP) is 3.13. The molecular weight excluding hydrogens is 330 g/mol. The van der Waals surface area contributed by atoms with Gasteiger partial charge in [-0.1, -0.05) is 24.3 Å². The van der Waals surface area contributed by atoms with E-state index in [4.69, 9.17) is 9.57 Å². The molecule has 0 atom stereocenters. The molecule has 1 aliphatic rings. The van der Waals surface area contributed by atoms with Gasteiger partial charge in [-0.2, -0.15) is 5.06 Å². The fraction of sp³-hybridized carbons (Fsp3) is 0.400. The summed E-state index contributed by atoms with van der Waals surface area (Å²) in [7, 11) is 0. The number of carbonyl (C=O) groups is 1. The van der Waals surface area contributed by atoms with Crippen LogP contribution in [0, 0.1) is 13.8 Å². The molecule has 6 nitrogen and oxygen atoms in total. The fourth-order valence-electron chi connectivity index (χ4n) is 2.89. The smallest absolute Gasteiger partial charge is 0.224 e. The molecule has 0 saturated carbocycles. The molecule has 1 saturated heterocycles. The van der Waals surface area contributed by atoms with Crippen LogP contribution in [-0.4, -0.2) is 35.7 Å². The highest BCUT2D eigenvalue weighted by Crippen LogP contribution is 2.29. The van der Waals surface area contributed by atoms with Crippen LogP contribution in [0.5, 0.6) is 11.6 Å². The van der Waals surface area contributed by atoms with Crippen LogP contribution in [0.4, 0.5) is 0 Å². The summed E-state index contributed by atoms with van der Waals surface area (Å²) in [5.41, 5.74) is 2.95. The first-order chi connectivity index (χ1) is 12.6. The summed E-state index contributed by atoms with van der Waals surface area (Å²) in [6, 6.07) is 9.78. The minimum Gasteiger partial charge on any atom is -0.438 e. The van der Waals surface area contributed by atoms with Crippen molar-refractivity contribution in [1.82, 2.24) is 15.4 Å². The van der Waals surface area contributed by atoms with Crippen molar-refractivity contribution < 1.29 is 14.4 Å². The molecule has 2 heterocycles. The lowest BCUT2D eigenvalue weighted by Crippen LogP contribution is -2.28. The lowest BCUT2D eigenvalue weighted by atomic mass is 10.1. The number of ether oxygens (including phenoxy) is 1. The van der Waals surface area contributed by atoms with E-state index in [2.05, 4.69) is 10.3 Å². The van der Waals surface area contributed by atoms with E-state index in [-0.39, 0.29) is 5.91 Å². The van der Waals surface area contributed by atoms with Crippen LogP contribution < -0.4 is 10.1 Å².